The second-order valence-corrected chi connectivity index (χ2v) is 3.40. The molecular formula is C10H19N3O. The number of hydrogen-bond donors (Lipinski definition) is 1. The molecule has 4 nitrogen and oxygen atoms in total. The van der Waals surface area contributed by atoms with Gasteiger partial charge in [-0.05, 0) is 13.3 Å². The highest BCUT2D eigenvalue weighted by molar-refractivity contribution is 5.29. The second-order valence-electron chi connectivity index (χ2n) is 3.40. The van der Waals surface area contributed by atoms with Crippen LogP contribution in [0.5, 0.6) is 0 Å². The van der Waals surface area contributed by atoms with Crippen LogP contribution in [-0.2, 0) is 11.3 Å². The molecule has 80 valence electrons. The van der Waals surface area contributed by atoms with E-state index in [-0.39, 0.29) is 0 Å². The summed E-state index contributed by atoms with van der Waals surface area (Å²) in [5.41, 5.74) is 6.68. The molecule has 0 unspecified atom stereocenters. The van der Waals surface area contributed by atoms with Gasteiger partial charge in [0, 0.05) is 12.7 Å². The minimum Gasteiger partial charge on any atom is -0.384 e. The first kappa shape index (κ1) is 11.0. The van der Waals surface area contributed by atoms with Crippen molar-refractivity contribution < 1.29 is 4.74 Å². The minimum atomic E-state index is 0.686. The molecule has 2 N–H and O–H groups in total. The van der Waals surface area contributed by atoms with Crippen molar-refractivity contribution in [1.82, 2.24) is 9.78 Å². The first-order chi connectivity index (χ1) is 6.74. The predicted octanol–water partition coefficient (Wildman–Crippen LogP) is 1.59. The van der Waals surface area contributed by atoms with Crippen LogP contribution in [0, 0.1) is 6.92 Å². The van der Waals surface area contributed by atoms with E-state index >= 15 is 0 Å². The highest BCUT2D eigenvalue weighted by atomic mass is 16.5. The number of nitrogen functional groups attached to an aromatic ring is 1. The van der Waals surface area contributed by atoms with Gasteiger partial charge in [0.2, 0.25) is 0 Å². The molecule has 0 bridgehead atoms. The summed E-state index contributed by atoms with van der Waals surface area (Å²) in [6.45, 7) is 6.34. The number of anilines is 1. The van der Waals surface area contributed by atoms with E-state index in [1.807, 2.05) is 13.0 Å². The van der Waals surface area contributed by atoms with Crippen molar-refractivity contribution in [2.45, 2.75) is 33.2 Å². The van der Waals surface area contributed by atoms with E-state index in [0.29, 0.717) is 12.4 Å². The van der Waals surface area contributed by atoms with Crippen LogP contribution in [0.4, 0.5) is 5.82 Å². The SMILES string of the molecule is CCCCOCCn1nc(C)cc1N. The summed E-state index contributed by atoms with van der Waals surface area (Å²) in [5.74, 6) is 0.710. The molecule has 0 fully saturated rings. The molecule has 4 heteroatoms. The van der Waals surface area contributed by atoms with Crippen LogP contribution in [-0.4, -0.2) is 23.0 Å². The van der Waals surface area contributed by atoms with Crippen LogP contribution in [0.15, 0.2) is 6.07 Å². The second kappa shape index (κ2) is 5.65. The third-order valence-electron chi connectivity index (χ3n) is 2.02. The molecule has 1 heterocycles. The molecule has 0 aromatic carbocycles. The van der Waals surface area contributed by atoms with Gasteiger partial charge in [-0.3, -0.25) is 0 Å². The van der Waals surface area contributed by atoms with Crippen molar-refractivity contribution in [3.05, 3.63) is 11.8 Å². The number of aryl methyl sites for hydroxylation is 1. The van der Waals surface area contributed by atoms with Gasteiger partial charge in [-0.15, -0.1) is 0 Å². The zero-order valence-corrected chi connectivity index (χ0v) is 8.99. The summed E-state index contributed by atoms with van der Waals surface area (Å²) in [6, 6.07) is 1.87. The normalized spacial score (nSPS) is 10.7. The van der Waals surface area contributed by atoms with Crippen molar-refractivity contribution in [2.24, 2.45) is 0 Å². The lowest BCUT2D eigenvalue weighted by atomic mass is 10.4. The largest absolute Gasteiger partial charge is 0.384 e. The summed E-state index contributed by atoms with van der Waals surface area (Å²) in [4.78, 5) is 0. The van der Waals surface area contributed by atoms with E-state index in [0.717, 1.165) is 25.3 Å². The van der Waals surface area contributed by atoms with Crippen molar-refractivity contribution in [2.75, 3.05) is 18.9 Å². The average molecular weight is 197 g/mol. The molecule has 1 aromatic rings. The Labute approximate surface area is 85.0 Å². The van der Waals surface area contributed by atoms with E-state index in [1.165, 1.54) is 6.42 Å². The Morgan fingerprint density at radius 2 is 2.29 bits per heavy atom. The molecule has 0 saturated carbocycles. The fourth-order valence-electron chi connectivity index (χ4n) is 1.24. The molecule has 0 aliphatic carbocycles. The van der Waals surface area contributed by atoms with Crippen molar-refractivity contribution in [3.63, 3.8) is 0 Å². The topological polar surface area (TPSA) is 53.1 Å². The van der Waals surface area contributed by atoms with Crippen molar-refractivity contribution in [3.8, 4) is 0 Å². The van der Waals surface area contributed by atoms with Crippen LogP contribution in [0.3, 0.4) is 0 Å². The van der Waals surface area contributed by atoms with Gasteiger partial charge in [0.1, 0.15) is 5.82 Å². The van der Waals surface area contributed by atoms with Gasteiger partial charge in [0.15, 0.2) is 0 Å². The number of hydrogen-bond acceptors (Lipinski definition) is 3. The maximum atomic E-state index is 5.73. The highest BCUT2D eigenvalue weighted by Crippen LogP contribution is 2.04. The number of aromatic nitrogens is 2. The van der Waals surface area contributed by atoms with Gasteiger partial charge >= 0.3 is 0 Å². The maximum absolute atomic E-state index is 5.73. The van der Waals surface area contributed by atoms with Crippen LogP contribution in [0.2, 0.25) is 0 Å². The Balaban J connectivity index is 2.21. The molecule has 0 atom stereocenters. The summed E-state index contributed by atoms with van der Waals surface area (Å²) in [5, 5.41) is 4.24. The third-order valence-corrected chi connectivity index (χ3v) is 2.02. The summed E-state index contributed by atoms with van der Waals surface area (Å²) in [7, 11) is 0. The summed E-state index contributed by atoms with van der Waals surface area (Å²) >= 11 is 0. The van der Waals surface area contributed by atoms with Crippen LogP contribution < -0.4 is 5.73 Å². The zero-order valence-electron chi connectivity index (χ0n) is 8.99. The molecule has 1 rings (SSSR count). The molecule has 0 aliphatic heterocycles. The van der Waals surface area contributed by atoms with Gasteiger partial charge in [0.25, 0.3) is 0 Å². The van der Waals surface area contributed by atoms with E-state index in [9.17, 15) is 0 Å². The summed E-state index contributed by atoms with van der Waals surface area (Å²) < 4.78 is 7.20. The number of nitrogens with two attached hydrogens (primary N) is 1. The molecule has 0 amide bonds. The van der Waals surface area contributed by atoms with Gasteiger partial charge in [-0.25, -0.2) is 4.68 Å². The molecule has 0 aliphatic rings. The number of unbranched alkanes of at least 4 members (excludes halogenated alkanes) is 1. The molecular weight excluding hydrogens is 178 g/mol. The smallest absolute Gasteiger partial charge is 0.122 e. The number of rotatable bonds is 6. The monoisotopic (exact) mass is 197 g/mol. The molecule has 14 heavy (non-hydrogen) atoms. The lowest BCUT2D eigenvalue weighted by molar-refractivity contribution is 0.121. The highest BCUT2D eigenvalue weighted by Gasteiger charge is 2.00. The average Bonchev–Trinajstić information content (AvgIpc) is 2.45. The molecule has 0 spiro atoms. The fraction of sp³-hybridized carbons (Fsp3) is 0.700. The minimum absolute atomic E-state index is 0.686. The van der Waals surface area contributed by atoms with Gasteiger partial charge in [0.05, 0.1) is 18.8 Å². The van der Waals surface area contributed by atoms with Crippen LogP contribution >= 0.6 is 0 Å². The van der Waals surface area contributed by atoms with Crippen molar-refractivity contribution >= 4 is 5.82 Å². The third kappa shape index (κ3) is 3.38. The Kier molecular flexibility index (Phi) is 4.46. The quantitative estimate of drug-likeness (QED) is 0.705. The Hall–Kier alpha value is -1.03. The fourth-order valence-corrected chi connectivity index (χ4v) is 1.24. The van der Waals surface area contributed by atoms with E-state index < -0.39 is 0 Å². The first-order valence-electron chi connectivity index (χ1n) is 5.11. The van der Waals surface area contributed by atoms with Gasteiger partial charge < -0.3 is 10.5 Å². The number of nitrogens with zero attached hydrogens (tertiary/aromatic N) is 2. The molecule has 1 aromatic heterocycles. The zero-order chi connectivity index (χ0) is 10.4. The lowest BCUT2D eigenvalue weighted by Gasteiger charge is -2.04. The standard InChI is InChI=1S/C10H19N3O/c1-3-4-6-14-7-5-13-10(11)8-9(2)12-13/h8H,3-7,11H2,1-2H3. The van der Waals surface area contributed by atoms with Gasteiger partial charge in [-0.2, -0.15) is 5.10 Å². The van der Waals surface area contributed by atoms with Crippen LogP contribution in [0.1, 0.15) is 25.5 Å². The van der Waals surface area contributed by atoms with Crippen molar-refractivity contribution in [1.29, 1.82) is 0 Å². The Bertz CT molecular complexity index is 270. The summed E-state index contributed by atoms with van der Waals surface area (Å²) in [6.07, 6.45) is 2.29. The first-order valence-corrected chi connectivity index (χ1v) is 5.11. The van der Waals surface area contributed by atoms with E-state index in [2.05, 4.69) is 12.0 Å². The van der Waals surface area contributed by atoms with Gasteiger partial charge in [-0.1, -0.05) is 13.3 Å². The predicted molar refractivity (Wildman–Crippen MR) is 57.1 cm³/mol. The lowest BCUT2D eigenvalue weighted by Crippen LogP contribution is -2.10. The maximum Gasteiger partial charge on any atom is 0.122 e. The van der Waals surface area contributed by atoms with E-state index in [4.69, 9.17) is 10.5 Å². The molecule has 0 saturated heterocycles. The number of ether oxygens (including phenoxy) is 1. The van der Waals surface area contributed by atoms with E-state index in [1.54, 1.807) is 4.68 Å². The van der Waals surface area contributed by atoms with Crippen LogP contribution in [0.25, 0.3) is 0 Å². The molecule has 0 radical (unpaired) electrons. The Morgan fingerprint density at radius 3 is 2.86 bits per heavy atom. The Morgan fingerprint density at radius 1 is 1.50 bits per heavy atom.